The van der Waals surface area contributed by atoms with E-state index in [1.807, 2.05) is 42.5 Å². The molecule has 0 saturated carbocycles. The van der Waals surface area contributed by atoms with Crippen molar-refractivity contribution in [3.8, 4) is 0 Å². The smallest absolute Gasteiger partial charge is 0.171 e. The molecule has 0 spiro atoms. The van der Waals surface area contributed by atoms with E-state index in [1.54, 1.807) is 0 Å². The minimum atomic E-state index is 0.219. The van der Waals surface area contributed by atoms with Crippen molar-refractivity contribution in [2.75, 3.05) is 11.9 Å². The number of fused-ring (bicyclic) bond motifs is 1. The maximum Gasteiger partial charge on any atom is 0.171 e. The highest BCUT2D eigenvalue weighted by Crippen LogP contribution is 2.22. The molecule has 0 aliphatic carbocycles. The lowest BCUT2D eigenvalue weighted by atomic mass is 10.1. The third kappa shape index (κ3) is 2.79. The van der Waals surface area contributed by atoms with Gasteiger partial charge >= 0.3 is 0 Å². The SMILES string of the molecule is O=CCNC(=S)Nc1cccc2ccccc12. The molecule has 0 atom stereocenters. The van der Waals surface area contributed by atoms with Crippen LogP contribution in [0.15, 0.2) is 42.5 Å². The van der Waals surface area contributed by atoms with E-state index in [0.717, 1.165) is 22.7 Å². The quantitative estimate of drug-likeness (QED) is 0.642. The second-order valence-electron chi connectivity index (χ2n) is 3.53. The fourth-order valence-electron chi connectivity index (χ4n) is 1.64. The van der Waals surface area contributed by atoms with Gasteiger partial charge in [0.25, 0.3) is 0 Å². The Labute approximate surface area is 105 Å². The maximum atomic E-state index is 10.2. The van der Waals surface area contributed by atoms with Crippen LogP contribution >= 0.6 is 12.2 Å². The highest BCUT2D eigenvalue weighted by atomic mass is 32.1. The first-order valence-corrected chi connectivity index (χ1v) is 5.68. The van der Waals surface area contributed by atoms with Crippen molar-refractivity contribution in [1.82, 2.24) is 5.32 Å². The van der Waals surface area contributed by atoms with E-state index in [2.05, 4.69) is 10.6 Å². The van der Waals surface area contributed by atoms with Crippen LogP contribution in [0.1, 0.15) is 0 Å². The highest BCUT2D eigenvalue weighted by molar-refractivity contribution is 7.80. The zero-order valence-corrected chi connectivity index (χ0v) is 9.96. The van der Waals surface area contributed by atoms with Gasteiger partial charge in [-0.1, -0.05) is 36.4 Å². The molecular weight excluding hydrogens is 232 g/mol. The van der Waals surface area contributed by atoms with Gasteiger partial charge in [-0.3, -0.25) is 0 Å². The third-order valence-corrected chi connectivity index (χ3v) is 2.63. The van der Waals surface area contributed by atoms with Gasteiger partial charge in [0.1, 0.15) is 6.29 Å². The summed E-state index contributed by atoms with van der Waals surface area (Å²) in [5, 5.41) is 8.58. The van der Waals surface area contributed by atoms with Crippen molar-refractivity contribution in [3.63, 3.8) is 0 Å². The molecule has 86 valence electrons. The standard InChI is InChI=1S/C13H12N2OS/c16-9-8-14-13(17)15-12-7-3-5-10-4-1-2-6-11(10)12/h1-7,9H,8H2,(H2,14,15,17). The number of carbonyl (C=O) groups is 1. The number of anilines is 1. The van der Waals surface area contributed by atoms with Gasteiger partial charge in [0.2, 0.25) is 0 Å². The number of carbonyl (C=O) groups excluding carboxylic acids is 1. The number of thiocarbonyl (C=S) groups is 1. The van der Waals surface area contributed by atoms with Gasteiger partial charge in [-0.05, 0) is 23.7 Å². The Kier molecular flexibility index (Phi) is 3.67. The fraction of sp³-hybridized carbons (Fsp3) is 0.0769. The summed E-state index contributed by atoms with van der Waals surface area (Å²) in [7, 11) is 0. The Morgan fingerprint density at radius 3 is 2.76 bits per heavy atom. The van der Waals surface area contributed by atoms with Crippen LogP contribution < -0.4 is 10.6 Å². The molecule has 2 rings (SSSR count). The summed E-state index contributed by atoms with van der Waals surface area (Å²) in [6.45, 7) is 0.219. The summed E-state index contributed by atoms with van der Waals surface area (Å²) in [6.07, 6.45) is 0.775. The second kappa shape index (κ2) is 5.41. The van der Waals surface area contributed by atoms with Gasteiger partial charge < -0.3 is 15.4 Å². The first-order valence-electron chi connectivity index (χ1n) is 5.27. The lowest BCUT2D eigenvalue weighted by Gasteiger charge is -2.10. The van der Waals surface area contributed by atoms with E-state index < -0.39 is 0 Å². The first-order chi connectivity index (χ1) is 8.31. The Hall–Kier alpha value is -1.94. The van der Waals surface area contributed by atoms with Crippen molar-refractivity contribution < 1.29 is 4.79 Å². The lowest BCUT2D eigenvalue weighted by Crippen LogP contribution is -2.29. The molecule has 0 aliphatic heterocycles. The Morgan fingerprint density at radius 1 is 1.18 bits per heavy atom. The second-order valence-corrected chi connectivity index (χ2v) is 3.94. The van der Waals surface area contributed by atoms with Crippen LogP contribution in [0.4, 0.5) is 5.69 Å². The minimum Gasteiger partial charge on any atom is -0.356 e. The zero-order chi connectivity index (χ0) is 12.1. The number of rotatable bonds is 3. The van der Waals surface area contributed by atoms with E-state index in [4.69, 9.17) is 12.2 Å². The molecule has 2 N–H and O–H groups in total. The van der Waals surface area contributed by atoms with E-state index in [0.29, 0.717) is 5.11 Å². The molecule has 3 nitrogen and oxygen atoms in total. The van der Waals surface area contributed by atoms with Crippen LogP contribution in [-0.2, 0) is 4.79 Å². The minimum absolute atomic E-state index is 0.219. The summed E-state index contributed by atoms with van der Waals surface area (Å²) in [6, 6.07) is 14.0. The molecule has 17 heavy (non-hydrogen) atoms. The Bertz CT molecular complexity index is 549. The Morgan fingerprint density at radius 2 is 1.94 bits per heavy atom. The predicted octanol–water partition coefficient (Wildman–Crippen LogP) is 2.33. The van der Waals surface area contributed by atoms with Crippen LogP contribution in [0.3, 0.4) is 0 Å². The van der Waals surface area contributed by atoms with E-state index in [1.165, 1.54) is 0 Å². The highest BCUT2D eigenvalue weighted by Gasteiger charge is 2.01. The molecule has 0 aromatic heterocycles. The fourth-order valence-corrected chi connectivity index (χ4v) is 1.83. The average Bonchev–Trinajstić information content (AvgIpc) is 2.37. The number of benzene rings is 2. The predicted molar refractivity (Wildman–Crippen MR) is 74.2 cm³/mol. The number of aldehydes is 1. The van der Waals surface area contributed by atoms with E-state index >= 15 is 0 Å². The van der Waals surface area contributed by atoms with Crippen molar-refractivity contribution >= 4 is 40.1 Å². The molecule has 0 bridgehead atoms. The van der Waals surface area contributed by atoms with E-state index in [-0.39, 0.29) is 6.54 Å². The molecule has 0 fully saturated rings. The Balaban J connectivity index is 2.23. The molecule has 0 heterocycles. The maximum absolute atomic E-state index is 10.2. The van der Waals surface area contributed by atoms with Gasteiger partial charge in [0.15, 0.2) is 5.11 Å². The van der Waals surface area contributed by atoms with Crippen LogP contribution in [-0.4, -0.2) is 17.9 Å². The summed E-state index contributed by atoms with van der Waals surface area (Å²) >= 11 is 5.08. The molecule has 0 saturated heterocycles. The van der Waals surface area contributed by atoms with Crippen molar-refractivity contribution in [3.05, 3.63) is 42.5 Å². The molecule has 0 aliphatic rings. The van der Waals surface area contributed by atoms with Crippen LogP contribution in [0.2, 0.25) is 0 Å². The van der Waals surface area contributed by atoms with Gasteiger partial charge in [-0.15, -0.1) is 0 Å². The number of hydrogen-bond acceptors (Lipinski definition) is 2. The van der Waals surface area contributed by atoms with Gasteiger partial charge in [-0.25, -0.2) is 0 Å². The van der Waals surface area contributed by atoms with E-state index in [9.17, 15) is 4.79 Å². The summed E-state index contributed by atoms with van der Waals surface area (Å²) in [5.74, 6) is 0. The summed E-state index contributed by atoms with van der Waals surface area (Å²) in [5.41, 5.74) is 0.937. The molecule has 2 aromatic carbocycles. The van der Waals surface area contributed by atoms with Gasteiger partial charge in [0, 0.05) is 11.1 Å². The monoisotopic (exact) mass is 244 g/mol. The number of hydrogen-bond donors (Lipinski definition) is 2. The topological polar surface area (TPSA) is 41.1 Å². The first kappa shape index (κ1) is 11.5. The van der Waals surface area contributed by atoms with Crippen molar-refractivity contribution in [2.24, 2.45) is 0 Å². The average molecular weight is 244 g/mol. The molecule has 4 heteroatoms. The third-order valence-electron chi connectivity index (χ3n) is 2.38. The summed E-state index contributed by atoms with van der Waals surface area (Å²) < 4.78 is 0. The largest absolute Gasteiger partial charge is 0.356 e. The van der Waals surface area contributed by atoms with Crippen molar-refractivity contribution in [1.29, 1.82) is 0 Å². The van der Waals surface area contributed by atoms with Crippen LogP contribution in [0, 0.1) is 0 Å². The van der Waals surface area contributed by atoms with Crippen LogP contribution in [0.5, 0.6) is 0 Å². The van der Waals surface area contributed by atoms with Gasteiger partial charge in [-0.2, -0.15) is 0 Å². The molecule has 0 radical (unpaired) electrons. The van der Waals surface area contributed by atoms with Crippen molar-refractivity contribution in [2.45, 2.75) is 0 Å². The molecule has 0 unspecified atom stereocenters. The zero-order valence-electron chi connectivity index (χ0n) is 9.14. The van der Waals surface area contributed by atoms with Gasteiger partial charge in [0.05, 0.1) is 6.54 Å². The molecule has 2 aromatic rings. The summed E-state index contributed by atoms with van der Waals surface area (Å²) in [4.78, 5) is 10.2. The molecule has 0 amide bonds. The molecular formula is C13H12N2OS. The van der Waals surface area contributed by atoms with Crippen LogP contribution in [0.25, 0.3) is 10.8 Å². The lowest BCUT2D eigenvalue weighted by molar-refractivity contribution is -0.106. The normalized spacial score (nSPS) is 9.88. The number of nitrogens with one attached hydrogen (secondary N) is 2.